The van der Waals surface area contributed by atoms with Gasteiger partial charge < -0.3 is 28.4 Å². The van der Waals surface area contributed by atoms with Crippen LogP contribution in [0.15, 0.2) is 0 Å². The number of carbonyl (C=O) groups excluding carboxylic acids is 4. The van der Waals surface area contributed by atoms with Crippen molar-refractivity contribution in [2.75, 3.05) is 13.2 Å². The van der Waals surface area contributed by atoms with Crippen molar-refractivity contribution in [1.82, 2.24) is 0 Å². The Hall–Kier alpha value is -2.43. The summed E-state index contributed by atoms with van der Waals surface area (Å²) in [7, 11) is -5.83. The number of rotatable bonds is 11. The zero-order chi connectivity index (χ0) is 30.9. The number of hydrogen-bond donors (Lipinski definition) is 1. The lowest BCUT2D eigenvalue weighted by Crippen LogP contribution is -2.49. The van der Waals surface area contributed by atoms with Crippen LogP contribution in [0.4, 0.5) is 8.78 Å². The van der Waals surface area contributed by atoms with Crippen LogP contribution in [-0.4, -0.2) is 91.4 Å². The molecule has 13 nitrogen and oxygen atoms in total. The van der Waals surface area contributed by atoms with Crippen LogP contribution in [0.3, 0.4) is 0 Å². The summed E-state index contributed by atoms with van der Waals surface area (Å²) in [4.78, 5) is 51.0. The third-order valence-corrected chi connectivity index (χ3v) is 11.2. The van der Waals surface area contributed by atoms with E-state index in [1.165, 1.54) is 0 Å². The minimum atomic E-state index is -5.83. The summed E-state index contributed by atoms with van der Waals surface area (Å²) in [5.41, 5.74) is -0.641. The average Bonchev–Trinajstić information content (AvgIpc) is 3.76. The van der Waals surface area contributed by atoms with E-state index in [0.29, 0.717) is 13.3 Å². The van der Waals surface area contributed by atoms with Crippen LogP contribution in [-0.2, 0) is 57.7 Å². The van der Waals surface area contributed by atoms with Crippen molar-refractivity contribution in [3.05, 3.63) is 0 Å². The summed E-state index contributed by atoms with van der Waals surface area (Å²) in [5.74, 6) is -5.65. The predicted octanol–water partition coefficient (Wildman–Crippen LogP) is 1.56. The first-order chi connectivity index (χ1) is 20.2. The normalized spacial score (nSPS) is 37.8. The van der Waals surface area contributed by atoms with Crippen molar-refractivity contribution in [3.8, 4) is 0 Å². The standard InChI is InChI=1S/C27H34F2O13S/c1-12(27(28,29)43(34,35)36)38-18(30)10-37-11-19(31)40-22-15-9-14-20(24(32)41-23(14)22)21(15)25(33)42-26(6-2-3-7-26)16-8-13-4-5-17(16)39-13/h12-17,20-23H,2-11H2,1H3,(H,34,35,36). The van der Waals surface area contributed by atoms with E-state index in [-0.39, 0.29) is 24.0 Å². The van der Waals surface area contributed by atoms with Crippen LogP contribution in [0.5, 0.6) is 0 Å². The molecular weight excluding hydrogens is 602 g/mol. The molecule has 0 amide bonds. The highest BCUT2D eigenvalue weighted by Crippen LogP contribution is 2.60. The van der Waals surface area contributed by atoms with E-state index in [2.05, 4.69) is 4.74 Å². The second kappa shape index (κ2) is 10.9. The molecule has 1 N–H and O–H groups in total. The highest BCUT2D eigenvalue weighted by atomic mass is 32.2. The van der Waals surface area contributed by atoms with Crippen molar-refractivity contribution in [3.63, 3.8) is 0 Å². The molecule has 0 aromatic rings. The van der Waals surface area contributed by atoms with Gasteiger partial charge in [0.25, 0.3) is 0 Å². The Morgan fingerprint density at radius 1 is 1.09 bits per heavy atom. The molecule has 0 aromatic heterocycles. The Bertz CT molecular complexity index is 1280. The monoisotopic (exact) mass is 636 g/mol. The van der Waals surface area contributed by atoms with Gasteiger partial charge in [0, 0.05) is 17.8 Å². The molecule has 3 saturated carbocycles. The summed E-state index contributed by atoms with van der Waals surface area (Å²) < 4.78 is 89.9. The van der Waals surface area contributed by atoms with Crippen molar-refractivity contribution in [2.24, 2.45) is 29.6 Å². The number of esters is 4. The van der Waals surface area contributed by atoms with Gasteiger partial charge in [-0.05, 0) is 58.3 Å². The summed E-state index contributed by atoms with van der Waals surface area (Å²) in [6.45, 7) is -1.24. The Kier molecular flexibility index (Phi) is 7.74. The van der Waals surface area contributed by atoms with Gasteiger partial charge in [0.15, 0.2) is 6.10 Å². The maximum absolute atomic E-state index is 13.8. The predicted molar refractivity (Wildman–Crippen MR) is 134 cm³/mol. The molecule has 3 saturated heterocycles. The van der Waals surface area contributed by atoms with E-state index < -0.39 is 94.1 Å². The quantitative estimate of drug-likeness (QED) is 0.196. The highest BCUT2D eigenvalue weighted by molar-refractivity contribution is 7.86. The van der Waals surface area contributed by atoms with Gasteiger partial charge in [0.1, 0.15) is 31.0 Å². The van der Waals surface area contributed by atoms with Gasteiger partial charge >= 0.3 is 39.2 Å². The first-order valence-corrected chi connectivity index (χ1v) is 16.1. The van der Waals surface area contributed by atoms with Crippen LogP contribution in [0.2, 0.25) is 0 Å². The van der Waals surface area contributed by atoms with Crippen LogP contribution in [0, 0.1) is 29.6 Å². The number of halogens is 2. The molecular formula is C27H34F2O13S. The summed E-state index contributed by atoms with van der Waals surface area (Å²) in [5, 5.41) is -4.75. The Morgan fingerprint density at radius 2 is 1.79 bits per heavy atom. The van der Waals surface area contributed by atoms with E-state index in [9.17, 15) is 36.4 Å². The molecule has 3 aliphatic carbocycles. The fraction of sp³-hybridized carbons (Fsp3) is 0.852. The van der Waals surface area contributed by atoms with E-state index >= 15 is 0 Å². The molecule has 6 aliphatic rings. The Morgan fingerprint density at radius 3 is 2.42 bits per heavy atom. The minimum Gasteiger partial charge on any atom is -0.458 e. The lowest BCUT2D eigenvalue weighted by Gasteiger charge is -2.40. The molecule has 0 radical (unpaired) electrons. The molecule has 10 unspecified atom stereocenters. The third-order valence-electron chi connectivity index (χ3n) is 10.2. The van der Waals surface area contributed by atoms with Gasteiger partial charge in [0.2, 0.25) is 0 Å². The van der Waals surface area contributed by atoms with E-state index in [0.717, 1.165) is 44.9 Å². The Balaban J connectivity index is 1.05. The minimum absolute atomic E-state index is 0.0603. The van der Waals surface area contributed by atoms with Crippen LogP contribution in [0.25, 0.3) is 0 Å². The zero-order valence-electron chi connectivity index (χ0n) is 23.4. The third kappa shape index (κ3) is 5.21. The molecule has 4 bridgehead atoms. The smallest absolute Gasteiger partial charge is 0.405 e. The van der Waals surface area contributed by atoms with Gasteiger partial charge in [-0.2, -0.15) is 17.2 Å². The van der Waals surface area contributed by atoms with Gasteiger partial charge in [-0.25, -0.2) is 9.59 Å². The van der Waals surface area contributed by atoms with Crippen molar-refractivity contribution < 1.29 is 69.4 Å². The van der Waals surface area contributed by atoms with Crippen LogP contribution >= 0.6 is 0 Å². The van der Waals surface area contributed by atoms with Crippen LogP contribution < -0.4 is 0 Å². The van der Waals surface area contributed by atoms with Crippen molar-refractivity contribution in [1.29, 1.82) is 0 Å². The molecule has 3 aliphatic heterocycles. The maximum Gasteiger partial charge on any atom is 0.405 e. The first kappa shape index (κ1) is 30.6. The number of hydrogen-bond acceptors (Lipinski definition) is 12. The molecule has 0 spiro atoms. The fourth-order valence-electron chi connectivity index (χ4n) is 8.36. The SMILES string of the molecule is CC(OC(=O)COCC(=O)OC1C2CC3C1OC(=O)C3C2C(=O)OC1(C2CC3CCC2O3)CCCC1)C(F)(F)S(=O)(=O)O. The first-order valence-electron chi connectivity index (χ1n) is 14.6. The topological polar surface area (TPSA) is 178 Å². The second-order valence-electron chi connectivity index (χ2n) is 12.5. The van der Waals surface area contributed by atoms with Crippen molar-refractivity contribution in [2.45, 2.75) is 99.7 Å². The lowest BCUT2D eigenvalue weighted by atomic mass is 9.75. The van der Waals surface area contributed by atoms with E-state index in [1.807, 2.05) is 0 Å². The largest absolute Gasteiger partial charge is 0.458 e. The summed E-state index contributed by atoms with van der Waals surface area (Å²) in [6, 6.07) is 0. The van der Waals surface area contributed by atoms with Gasteiger partial charge in [-0.1, -0.05) is 0 Å². The second-order valence-corrected chi connectivity index (χ2v) is 14.0. The lowest BCUT2D eigenvalue weighted by molar-refractivity contribution is -0.183. The Labute approximate surface area is 245 Å². The van der Waals surface area contributed by atoms with Crippen molar-refractivity contribution >= 4 is 34.0 Å². The zero-order valence-corrected chi connectivity index (χ0v) is 24.2. The van der Waals surface area contributed by atoms with Gasteiger partial charge in [-0.15, -0.1) is 0 Å². The van der Waals surface area contributed by atoms with E-state index in [1.54, 1.807) is 0 Å². The molecule has 16 heteroatoms. The van der Waals surface area contributed by atoms with E-state index in [4.69, 9.17) is 28.2 Å². The molecule has 0 aromatic carbocycles. The van der Waals surface area contributed by atoms with Crippen LogP contribution in [0.1, 0.15) is 58.3 Å². The number of alkyl halides is 2. The molecule has 43 heavy (non-hydrogen) atoms. The average molecular weight is 637 g/mol. The molecule has 3 heterocycles. The fourth-order valence-corrected chi connectivity index (χ4v) is 8.83. The molecule has 240 valence electrons. The number of ether oxygens (including phenoxy) is 6. The molecule has 6 rings (SSSR count). The maximum atomic E-state index is 13.8. The van der Waals surface area contributed by atoms with Gasteiger partial charge in [-0.3, -0.25) is 14.1 Å². The highest BCUT2D eigenvalue weighted by Gasteiger charge is 2.71. The number of carbonyl (C=O) groups is 4. The summed E-state index contributed by atoms with van der Waals surface area (Å²) >= 11 is 0. The number of fused-ring (bicyclic) bond motifs is 3. The van der Waals surface area contributed by atoms with Gasteiger partial charge in [0.05, 0.1) is 24.0 Å². The molecule has 6 fully saturated rings. The summed E-state index contributed by atoms with van der Waals surface area (Å²) in [6.07, 6.45) is 2.60. The molecule has 10 atom stereocenters.